The molecule has 6 heteroatoms. The van der Waals surface area contributed by atoms with Crippen molar-refractivity contribution in [2.45, 2.75) is 6.42 Å². The number of aromatic nitrogens is 1. The maximum Gasteiger partial charge on any atom is 0.266 e. The number of carbonyl (C=O) groups is 1. The van der Waals surface area contributed by atoms with Gasteiger partial charge in [0.1, 0.15) is 10.4 Å². The first-order chi connectivity index (χ1) is 9.66. The van der Waals surface area contributed by atoms with Crippen molar-refractivity contribution >= 4 is 33.1 Å². The molecule has 0 radical (unpaired) electrons. The molecule has 0 aliphatic carbocycles. The lowest BCUT2D eigenvalue weighted by Crippen LogP contribution is -2.34. The number of nitrogens with zero attached hydrogens (tertiary/aromatic N) is 3. The Morgan fingerprint density at radius 1 is 1.35 bits per heavy atom. The topological polar surface area (TPSA) is 62.5 Å². The van der Waals surface area contributed by atoms with E-state index in [4.69, 9.17) is 5.73 Å². The summed E-state index contributed by atoms with van der Waals surface area (Å²) in [6, 6.07) is 3.82. The summed E-state index contributed by atoms with van der Waals surface area (Å²) in [4.78, 5) is 21.7. The molecular formula is C14H18N4OS. The highest BCUT2D eigenvalue weighted by atomic mass is 32.1. The quantitative estimate of drug-likeness (QED) is 0.867. The second-order valence-electron chi connectivity index (χ2n) is 5.14. The van der Waals surface area contributed by atoms with Gasteiger partial charge in [-0.3, -0.25) is 9.78 Å². The average molecular weight is 290 g/mol. The van der Waals surface area contributed by atoms with Gasteiger partial charge in [0.15, 0.2) is 0 Å². The largest absolute Gasteiger partial charge is 0.396 e. The van der Waals surface area contributed by atoms with Gasteiger partial charge in [-0.1, -0.05) is 0 Å². The van der Waals surface area contributed by atoms with Crippen LogP contribution in [0.5, 0.6) is 0 Å². The molecule has 1 amide bonds. The Morgan fingerprint density at radius 2 is 2.20 bits per heavy atom. The Balaban J connectivity index is 1.90. The first kappa shape index (κ1) is 13.3. The van der Waals surface area contributed by atoms with Crippen LogP contribution >= 0.6 is 11.3 Å². The second kappa shape index (κ2) is 5.38. The number of nitrogen functional groups attached to an aromatic ring is 1. The van der Waals surface area contributed by atoms with Crippen molar-refractivity contribution in [3.63, 3.8) is 0 Å². The highest BCUT2D eigenvalue weighted by molar-refractivity contribution is 7.21. The minimum Gasteiger partial charge on any atom is -0.396 e. The van der Waals surface area contributed by atoms with Crippen LogP contribution in [-0.2, 0) is 0 Å². The Kier molecular flexibility index (Phi) is 3.58. The standard InChI is InChI=1S/C14H18N4OS/c1-17-6-3-7-18(9-8-17)14(19)13-11(15)12-10(20-13)4-2-5-16-12/h2,4-5H,3,6-9,15H2,1H3. The molecule has 1 aliphatic heterocycles. The van der Waals surface area contributed by atoms with Crippen LogP contribution in [0.2, 0.25) is 0 Å². The zero-order chi connectivity index (χ0) is 14.1. The minimum absolute atomic E-state index is 0.0424. The third-order valence-corrected chi connectivity index (χ3v) is 4.83. The number of hydrogen-bond donors (Lipinski definition) is 1. The fraction of sp³-hybridized carbons (Fsp3) is 0.429. The normalized spacial score (nSPS) is 17.4. The molecule has 3 heterocycles. The third-order valence-electron chi connectivity index (χ3n) is 3.68. The molecule has 0 atom stereocenters. The van der Waals surface area contributed by atoms with Gasteiger partial charge in [0, 0.05) is 25.8 Å². The molecule has 0 aromatic carbocycles. The molecule has 0 spiro atoms. The maximum absolute atomic E-state index is 12.7. The number of nitrogens with two attached hydrogens (primary N) is 1. The molecule has 0 saturated carbocycles. The number of pyridine rings is 1. The van der Waals surface area contributed by atoms with Gasteiger partial charge < -0.3 is 15.5 Å². The van der Waals surface area contributed by atoms with E-state index in [9.17, 15) is 4.79 Å². The van der Waals surface area contributed by atoms with Crippen molar-refractivity contribution in [2.24, 2.45) is 0 Å². The van der Waals surface area contributed by atoms with Crippen LogP contribution in [0.25, 0.3) is 10.2 Å². The zero-order valence-electron chi connectivity index (χ0n) is 11.5. The molecule has 1 saturated heterocycles. The Morgan fingerprint density at radius 3 is 3.00 bits per heavy atom. The molecule has 0 bridgehead atoms. The van der Waals surface area contributed by atoms with Crippen LogP contribution in [0.4, 0.5) is 5.69 Å². The summed E-state index contributed by atoms with van der Waals surface area (Å²) in [6.07, 6.45) is 2.71. The van der Waals surface area contributed by atoms with Gasteiger partial charge in [0.05, 0.1) is 10.4 Å². The van der Waals surface area contributed by atoms with E-state index in [0.717, 1.165) is 42.8 Å². The first-order valence-corrected chi connectivity index (χ1v) is 7.59. The van der Waals surface area contributed by atoms with E-state index >= 15 is 0 Å². The predicted octanol–water partition coefficient (Wildman–Crippen LogP) is 1.66. The van der Waals surface area contributed by atoms with Crippen molar-refractivity contribution in [1.82, 2.24) is 14.8 Å². The number of hydrogen-bond acceptors (Lipinski definition) is 5. The molecule has 5 nitrogen and oxygen atoms in total. The number of anilines is 1. The highest BCUT2D eigenvalue weighted by Gasteiger charge is 2.23. The van der Waals surface area contributed by atoms with E-state index in [1.807, 2.05) is 17.0 Å². The molecule has 106 valence electrons. The van der Waals surface area contributed by atoms with Gasteiger partial charge >= 0.3 is 0 Å². The van der Waals surface area contributed by atoms with Crippen LogP contribution < -0.4 is 5.73 Å². The van der Waals surface area contributed by atoms with E-state index < -0.39 is 0 Å². The highest BCUT2D eigenvalue weighted by Crippen LogP contribution is 2.32. The summed E-state index contributed by atoms with van der Waals surface area (Å²) < 4.78 is 0.972. The lowest BCUT2D eigenvalue weighted by Gasteiger charge is -2.20. The molecule has 3 rings (SSSR count). The summed E-state index contributed by atoms with van der Waals surface area (Å²) in [6.45, 7) is 3.50. The van der Waals surface area contributed by atoms with Gasteiger partial charge in [-0.15, -0.1) is 11.3 Å². The molecule has 2 N–H and O–H groups in total. The molecule has 1 fully saturated rings. The van der Waals surface area contributed by atoms with Crippen LogP contribution in [0.1, 0.15) is 16.1 Å². The van der Waals surface area contributed by atoms with Crippen molar-refractivity contribution in [2.75, 3.05) is 39.0 Å². The third kappa shape index (κ3) is 2.36. The van der Waals surface area contributed by atoms with E-state index in [-0.39, 0.29) is 5.91 Å². The van der Waals surface area contributed by atoms with E-state index in [1.165, 1.54) is 11.3 Å². The van der Waals surface area contributed by atoms with Gasteiger partial charge in [-0.2, -0.15) is 0 Å². The monoisotopic (exact) mass is 290 g/mol. The Bertz CT molecular complexity index is 639. The number of likely N-dealkylation sites (N-methyl/N-ethyl adjacent to an activating group) is 1. The summed E-state index contributed by atoms with van der Waals surface area (Å²) in [5.74, 6) is 0.0424. The van der Waals surface area contributed by atoms with Crippen LogP contribution in [0.3, 0.4) is 0 Å². The van der Waals surface area contributed by atoms with E-state index in [1.54, 1.807) is 6.20 Å². The SMILES string of the molecule is CN1CCCN(C(=O)c2sc3cccnc3c2N)CC1. The molecule has 1 aliphatic rings. The number of rotatable bonds is 1. The minimum atomic E-state index is 0.0424. The first-order valence-electron chi connectivity index (χ1n) is 6.77. The summed E-state index contributed by atoms with van der Waals surface area (Å²) in [7, 11) is 2.09. The van der Waals surface area contributed by atoms with Crippen molar-refractivity contribution in [1.29, 1.82) is 0 Å². The molecular weight excluding hydrogens is 272 g/mol. The van der Waals surface area contributed by atoms with E-state index in [0.29, 0.717) is 10.6 Å². The average Bonchev–Trinajstić information content (AvgIpc) is 2.64. The number of amides is 1. The predicted molar refractivity (Wildman–Crippen MR) is 82.0 cm³/mol. The van der Waals surface area contributed by atoms with Crippen LogP contribution in [-0.4, -0.2) is 53.9 Å². The zero-order valence-corrected chi connectivity index (χ0v) is 12.3. The fourth-order valence-electron chi connectivity index (χ4n) is 2.50. The van der Waals surface area contributed by atoms with Gasteiger partial charge in [0.25, 0.3) is 5.91 Å². The Hall–Kier alpha value is -1.66. The van der Waals surface area contributed by atoms with Crippen molar-refractivity contribution < 1.29 is 4.79 Å². The molecule has 2 aromatic heterocycles. The molecule has 0 unspecified atom stereocenters. The van der Waals surface area contributed by atoms with Gasteiger partial charge in [0.2, 0.25) is 0 Å². The van der Waals surface area contributed by atoms with Gasteiger partial charge in [-0.25, -0.2) is 0 Å². The Labute approximate surface area is 122 Å². The van der Waals surface area contributed by atoms with Crippen molar-refractivity contribution in [3.8, 4) is 0 Å². The lowest BCUT2D eigenvalue weighted by atomic mass is 10.3. The summed E-state index contributed by atoms with van der Waals surface area (Å²) >= 11 is 1.44. The van der Waals surface area contributed by atoms with Crippen molar-refractivity contribution in [3.05, 3.63) is 23.2 Å². The van der Waals surface area contributed by atoms with Crippen LogP contribution in [0, 0.1) is 0 Å². The summed E-state index contributed by atoms with van der Waals surface area (Å²) in [5.41, 5.74) is 7.37. The number of carbonyl (C=O) groups excluding carboxylic acids is 1. The maximum atomic E-state index is 12.7. The second-order valence-corrected chi connectivity index (χ2v) is 6.20. The smallest absolute Gasteiger partial charge is 0.266 e. The fourth-order valence-corrected chi connectivity index (χ4v) is 3.55. The van der Waals surface area contributed by atoms with E-state index in [2.05, 4.69) is 16.9 Å². The number of fused-ring (bicyclic) bond motifs is 1. The molecule has 20 heavy (non-hydrogen) atoms. The lowest BCUT2D eigenvalue weighted by molar-refractivity contribution is 0.0768. The van der Waals surface area contributed by atoms with Gasteiger partial charge in [-0.05, 0) is 32.1 Å². The number of thiophene rings is 1. The molecule has 2 aromatic rings. The summed E-state index contributed by atoms with van der Waals surface area (Å²) in [5, 5.41) is 0. The van der Waals surface area contributed by atoms with Crippen LogP contribution in [0.15, 0.2) is 18.3 Å².